The summed E-state index contributed by atoms with van der Waals surface area (Å²) in [7, 11) is 0. The Labute approximate surface area is 228 Å². The van der Waals surface area contributed by atoms with E-state index in [1.165, 1.54) is 42.5 Å². The number of rotatable bonds is 7. The van der Waals surface area contributed by atoms with Gasteiger partial charge < -0.3 is 9.84 Å². The number of carbonyl (C=O) groups is 3. The third kappa shape index (κ3) is 5.81. The number of nitrogens with one attached hydrogen (secondary N) is 1. The van der Waals surface area contributed by atoms with Gasteiger partial charge in [0.1, 0.15) is 17.9 Å². The van der Waals surface area contributed by atoms with Gasteiger partial charge in [-0.05, 0) is 94.5 Å². The van der Waals surface area contributed by atoms with Gasteiger partial charge in [-0.1, -0.05) is 12.1 Å². The molecule has 1 fully saturated rings. The van der Waals surface area contributed by atoms with E-state index in [4.69, 9.17) is 17.0 Å². The third-order valence-electron chi connectivity index (χ3n) is 5.26. The fraction of sp³-hybridized carbons (Fsp3) is 0.0400. The maximum atomic E-state index is 13.2. The molecule has 0 saturated carbocycles. The maximum absolute atomic E-state index is 13.2. The molecule has 0 atom stereocenters. The molecule has 0 spiro atoms. The summed E-state index contributed by atoms with van der Waals surface area (Å²) in [4.78, 5) is 48.5. The number of ether oxygens (including phenoxy) is 1. The molecular formula is C25H16IN3O7S. The average Bonchev–Trinajstić information content (AvgIpc) is 2.86. The number of hydrogen-bond acceptors (Lipinski definition) is 7. The zero-order valence-corrected chi connectivity index (χ0v) is 21.7. The summed E-state index contributed by atoms with van der Waals surface area (Å²) in [5.41, 5.74) is 1.30. The molecule has 2 N–H and O–H groups in total. The van der Waals surface area contributed by atoms with Gasteiger partial charge >= 0.3 is 5.97 Å². The first-order valence-corrected chi connectivity index (χ1v) is 12.0. The molecule has 3 aromatic rings. The number of nitro benzene ring substituents is 1. The smallest absolute Gasteiger partial charge is 0.335 e. The Morgan fingerprint density at radius 2 is 1.86 bits per heavy atom. The Morgan fingerprint density at radius 3 is 2.51 bits per heavy atom. The van der Waals surface area contributed by atoms with Crippen molar-refractivity contribution in [3.63, 3.8) is 0 Å². The predicted molar refractivity (Wildman–Crippen MR) is 146 cm³/mol. The Balaban J connectivity index is 1.54. The highest BCUT2D eigenvalue weighted by molar-refractivity contribution is 14.1. The molecule has 2 amide bonds. The molecule has 0 aromatic heterocycles. The number of carboxylic acids is 1. The number of benzene rings is 3. The second-order valence-corrected chi connectivity index (χ2v) is 9.26. The number of nitrogens with zero attached hydrogens (tertiary/aromatic N) is 2. The summed E-state index contributed by atoms with van der Waals surface area (Å²) in [6, 6.07) is 16.8. The van der Waals surface area contributed by atoms with Crippen molar-refractivity contribution in [3.05, 3.63) is 103 Å². The summed E-state index contributed by atoms with van der Waals surface area (Å²) in [5.74, 6) is -1.98. The lowest BCUT2D eigenvalue weighted by Crippen LogP contribution is -2.54. The number of non-ortho nitro benzene ring substituents is 1. The highest BCUT2D eigenvalue weighted by Gasteiger charge is 2.34. The van der Waals surface area contributed by atoms with E-state index in [2.05, 4.69) is 27.9 Å². The predicted octanol–water partition coefficient (Wildman–Crippen LogP) is 4.31. The van der Waals surface area contributed by atoms with E-state index in [1.807, 2.05) is 0 Å². The molecule has 1 heterocycles. The van der Waals surface area contributed by atoms with Crippen LogP contribution in [-0.2, 0) is 16.2 Å². The molecule has 0 aliphatic carbocycles. The molecule has 37 heavy (non-hydrogen) atoms. The highest BCUT2D eigenvalue weighted by atomic mass is 127. The summed E-state index contributed by atoms with van der Waals surface area (Å²) in [6.07, 6.45) is 1.41. The largest absolute Gasteiger partial charge is 0.488 e. The van der Waals surface area contributed by atoms with E-state index < -0.39 is 22.7 Å². The van der Waals surface area contributed by atoms with Crippen LogP contribution in [0.5, 0.6) is 5.75 Å². The fourth-order valence-electron chi connectivity index (χ4n) is 3.44. The van der Waals surface area contributed by atoms with Gasteiger partial charge in [0, 0.05) is 12.1 Å². The van der Waals surface area contributed by atoms with Crippen LogP contribution in [0.25, 0.3) is 6.08 Å². The van der Waals surface area contributed by atoms with Crippen LogP contribution in [0.2, 0.25) is 0 Å². The monoisotopic (exact) mass is 629 g/mol. The van der Waals surface area contributed by atoms with Gasteiger partial charge in [0.2, 0.25) is 0 Å². The molecule has 186 valence electrons. The Kier molecular flexibility index (Phi) is 7.59. The highest BCUT2D eigenvalue weighted by Crippen LogP contribution is 2.27. The summed E-state index contributed by atoms with van der Waals surface area (Å²) in [6.45, 7) is 0.192. The summed E-state index contributed by atoms with van der Waals surface area (Å²) in [5, 5.41) is 22.4. The van der Waals surface area contributed by atoms with Crippen LogP contribution < -0.4 is 15.0 Å². The van der Waals surface area contributed by atoms with E-state index in [1.54, 1.807) is 30.3 Å². The zero-order chi connectivity index (χ0) is 26.7. The molecule has 0 unspecified atom stereocenters. The lowest BCUT2D eigenvalue weighted by Gasteiger charge is -2.29. The van der Waals surface area contributed by atoms with Crippen molar-refractivity contribution in [2.24, 2.45) is 0 Å². The molecule has 0 bridgehead atoms. The average molecular weight is 629 g/mol. The van der Waals surface area contributed by atoms with E-state index >= 15 is 0 Å². The minimum Gasteiger partial charge on any atom is -0.488 e. The van der Waals surface area contributed by atoms with E-state index in [0.717, 1.165) is 10.5 Å². The molecule has 12 heteroatoms. The number of carboxylic acid groups (broad SMARTS) is 1. The van der Waals surface area contributed by atoms with Crippen LogP contribution in [0.15, 0.2) is 72.3 Å². The molecule has 1 aliphatic rings. The molecule has 10 nitrogen and oxygen atoms in total. The van der Waals surface area contributed by atoms with Crippen molar-refractivity contribution >= 4 is 75.2 Å². The van der Waals surface area contributed by atoms with E-state index in [9.17, 15) is 29.6 Å². The van der Waals surface area contributed by atoms with E-state index in [0.29, 0.717) is 14.9 Å². The van der Waals surface area contributed by atoms with Crippen LogP contribution in [0, 0.1) is 13.7 Å². The van der Waals surface area contributed by atoms with Crippen LogP contribution in [0.3, 0.4) is 0 Å². The maximum Gasteiger partial charge on any atom is 0.335 e. The van der Waals surface area contributed by atoms with Gasteiger partial charge in [0.25, 0.3) is 17.5 Å². The van der Waals surface area contributed by atoms with Crippen molar-refractivity contribution in [2.75, 3.05) is 4.90 Å². The van der Waals surface area contributed by atoms with Crippen LogP contribution >= 0.6 is 34.8 Å². The number of nitro groups is 1. The SMILES string of the molecule is O=C1NC(=S)N(c2cccc(C(=O)O)c2)C(=O)C1=Cc1ccc(OCc2ccc([N+](=O)[O-])cc2)c(I)c1. The number of anilines is 1. The summed E-state index contributed by atoms with van der Waals surface area (Å²) < 4.78 is 6.52. The lowest BCUT2D eigenvalue weighted by molar-refractivity contribution is -0.384. The van der Waals surface area contributed by atoms with Crippen molar-refractivity contribution in [1.82, 2.24) is 5.32 Å². The fourth-order valence-corrected chi connectivity index (χ4v) is 4.41. The quantitative estimate of drug-likeness (QED) is 0.0985. The van der Waals surface area contributed by atoms with Crippen molar-refractivity contribution in [3.8, 4) is 5.75 Å². The van der Waals surface area contributed by atoms with Gasteiger partial charge in [-0.25, -0.2) is 4.79 Å². The van der Waals surface area contributed by atoms with Crippen molar-refractivity contribution in [1.29, 1.82) is 0 Å². The molecular weight excluding hydrogens is 613 g/mol. The van der Waals surface area contributed by atoms with Crippen LogP contribution in [0.1, 0.15) is 21.5 Å². The number of halogens is 1. The Morgan fingerprint density at radius 1 is 1.14 bits per heavy atom. The minimum atomic E-state index is -1.16. The number of hydrogen-bond donors (Lipinski definition) is 2. The van der Waals surface area contributed by atoms with Crippen LogP contribution in [-0.4, -0.2) is 32.9 Å². The Hall–Kier alpha value is -4.17. The first-order chi connectivity index (χ1) is 17.6. The first-order valence-electron chi connectivity index (χ1n) is 10.5. The number of carbonyl (C=O) groups excluding carboxylic acids is 2. The summed E-state index contributed by atoms with van der Waals surface area (Å²) >= 11 is 7.22. The van der Waals surface area contributed by atoms with Gasteiger partial charge in [0.15, 0.2) is 5.11 Å². The van der Waals surface area contributed by atoms with Gasteiger partial charge in [-0.2, -0.15) is 0 Å². The molecule has 1 aliphatic heterocycles. The normalized spacial score (nSPS) is 14.5. The molecule has 3 aromatic carbocycles. The van der Waals surface area contributed by atoms with Crippen molar-refractivity contribution in [2.45, 2.75) is 6.61 Å². The van der Waals surface area contributed by atoms with Gasteiger partial charge in [-0.3, -0.25) is 29.9 Å². The molecule has 0 radical (unpaired) electrons. The number of aromatic carboxylic acids is 1. The second-order valence-electron chi connectivity index (χ2n) is 7.72. The second kappa shape index (κ2) is 10.8. The Bertz CT molecular complexity index is 1490. The van der Waals surface area contributed by atoms with Crippen LogP contribution in [0.4, 0.5) is 11.4 Å². The standard InChI is InChI=1S/C25H16IN3O7S/c26-20-11-15(6-9-21(20)36-13-14-4-7-17(8-5-14)29(34)35)10-19-22(30)27-25(37)28(23(19)31)18-3-1-2-16(12-18)24(32)33/h1-12H,13H2,(H,32,33)(H,27,30,37). The lowest BCUT2D eigenvalue weighted by atomic mass is 10.1. The topological polar surface area (TPSA) is 139 Å². The third-order valence-corrected chi connectivity index (χ3v) is 6.39. The van der Waals surface area contributed by atoms with Crippen molar-refractivity contribution < 1.29 is 29.2 Å². The van der Waals surface area contributed by atoms with E-state index in [-0.39, 0.29) is 34.2 Å². The first kappa shape index (κ1) is 25.9. The van der Waals surface area contributed by atoms with Gasteiger partial charge in [-0.15, -0.1) is 0 Å². The van der Waals surface area contributed by atoms with Gasteiger partial charge in [0.05, 0.1) is 19.7 Å². The zero-order valence-electron chi connectivity index (χ0n) is 18.7. The number of amides is 2. The molecule has 1 saturated heterocycles. The number of thiocarbonyl (C=S) groups is 1. The molecule has 4 rings (SSSR count). The minimum absolute atomic E-state index is 0.00839.